The summed E-state index contributed by atoms with van der Waals surface area (Å²) in [7, 11) is 0. The Labute approximate surface area is 171 Å². The standard InChI is InChI=1S/C26H37NO/c1-6-27(7-2)18-23-14-21(22-13-19(3)16-26(4,5)17-22)15-24(25(23)28)20-11-9-8-10-12-20/h8-12,14-15,19,22,28H,6-7,13,16-18H2,1-5H3. The van der Waals surface area contributed by atoms with Gasteiger partial charge in [-0.15, -0.1) is 0 Å². The molecule has 1 aliphatic carbocycles. The third kappa shape index (κ3) is 4.78. The Hall–Kier alpha value is -1.80. The first kappa shape index (κ1) is 20.9. The van der Waals surface area contributed by atoms with Gasteiger partial charge < -0.3 is 5.11 Å². The van der Waals surface area contributed by atoms with E-state index in [2.05, 4.69) is 75.9 Å². The molecule has 2 heteroatoms. The Morgan fingerprint density at radius 1 is 1.04 bits per heavy atom. The lowest BCUT2D eigenvalue weighted by Crippen LogP contribution is -2.27. The molecule has 2 nitrogen and oxygen atoms in total. The van der Waals surface area contributed by atoms with Crippen LogP contribution in [0.5, 0.6) is 5.75 Å². The van der Waals surface area contributed by atoms with Crippen LogP contribution in [0.25, 0.3) is 11.1 Å². The van der Waals surface area contributed by atoms with Crippen molar-refractivity contribution in [2.24, 2.45) is 11.3 Å². The molecule has 0 saturated heterocycles. The maximum absolute atomic E-state index is 11.1. The van der Waals surface area contributed by atoms with E-state index < -0.39 is 0 Å². The van der Waals surface area contributed by atoms with Gasteiger partial charge in [-0.05, 0) is 66.8 Å². The molecule has 2 unspecified atom stereocenters. The molecule has 2 aromatic rings. The van der Waals surface area contributed by atoms with E-state index in [1.807, 2.05) is 6.07 Å². The first-order valence-electron chi connectivity index (χ1n) is 11.0. The van der Waals surface area contributed by atoms with Crippen molar-refractivity contribution < 1.29 is 5.11 Å². The minimum atomic E-state index is 0.381. The molecular formula is C26H37NO. The van der Waals surface area contributed by atoms with Crippen LogP contribution < -0.4 is 0 Å². The summed E-state index contributed by atoms with van der Waals surface area (Å²) >= 11 is 0. The molecule has 1 fully saturated rings. The molecule has 1 saturated carbocycles. The van der Waals surface area contributed by atoms with Crippen LogP contribution in [0.1, 0.15) is 70.9 Å². The molecule has 0 heterocycles. The summed E-state index contributed by atoms with van der Waals surface area (Å²) in [5.41, 5.74) is 4.93. The van der Waals surface area contributed by atoms with Crippen molar-refractivity contribution in [3.8, 4) is 16.9 Å². The zero-order valence-electron chi connectivity index (χ0n) is 18.3. The SMILES string of the molecule is CCN(CC)Cc1cc(C2CC(C)CC(C)(C)C2)cc(-c2ccccc2)c1O. The van der Waals surface area contributed by atoms with Crippen molar-refractivity contribution in [3.63, 3.8) is 0 Å². The van der Waals surface area contributed by atoms with E-state index in [-0.39, 0.29) is 0 Å². The summed E-state index contributed by atoms with van der Waals surface area (Å²) in [4.78, 5) is 2.38. The van der Waals surface area contributed by atoms with Gasteiger partial charge in [-0.3, -0.25) is 4.90 Å². The number of rotatable bonds is 6. The van der Waals surface area contributed by atoms with Crippen LogP contribution in [0.15, 0.2) is 42.5 Å². The summed E-state index contributed by atoms with van der Waals surface area (Å²) in [6.07, 6.45) is 3.77. The highest BCUT2D eigenvalue weighted by atomic mass is 16.3. The van der Waals surface area contributed by atoms with Crippen molar-refractivity contribution in [1.82, 2.24) is 4.90 Å². The smallest absolute Gasteiger partial charge is 0.127 e. The highest BCUT2D eigenvalue weighted by Crippen LogP contribution is 2.47. The molecule has 1 N–H and O–H groups in total. The fraction of sp³-hybridized carbons (Fsp3) is 0.538. The Balaban J connectivity index is 2.06. The second-order valence-electron chi connectivity index (χ2n) is 9.51. The zero-order chi connectivity index (χ0) is 20.3. The van der Waals surface area contributed by atoms with E-state index in [4.69, 9.17) is 0 Å². The molecule has 0 aromatic heterocycles. The van der Waals surface area contributed by atoms with Gasteiger partial charge in [-0.1, -0.05) is 71.0 Å². The van der Waals surface area contributed by atoms with Crippen molar-refractivity contribution in [3.05, 3.63) is 53.6 Å². The van der Waals surface area contributed by atoms with Crippen LogP contribution in [-0.2, 0) is 6.54 Å². The van der Waals surface area contributed by atoms with Gasteiger partial charge >= 0.3 is 0 Å². The van der Waals surface area contributed by atoms with Crippen LogP contribution in [0.3, 0.4) is 0 Å². The largest absolute Gasteiger partial charge is 0.507 e. The van der Waals surface area contributed by atoms with E-state index in [1.165, 1.54) is 24.8 Å². The van der Waals surface area contributed by atoms with Crippen molar-refractivity contribution in [2.75, 3.05) is 13.1 Å². The summed E-state index contributed by atoms with van der Waals surface area (Å²) in [6.45, 7) is 14.4. The molecule has 1 aliphatic rings. The lowest BCUT2D eigenvalue weighted by atomic mass is 9.66. The minimum absolute atomic E-state index is 0.381. The molecule has 0 bridgehead atoms. The van der Waals surface area contributed by atoms with Gasteiger partial charge in [0.2, 0.25) is 0 Å². The maximum Gasteiger partial charge on any atom is 0.127 e. The Bertz CT molecular complexity index is 777. The highest BCUT2D eigenvalue weighted by Gasteiger charge is 2.33. The Morgan fingerprint density at radius 2 is 1.71 bits per heavy atom. The third-order valence-corrected chi connectivity index (χ3v) is 6.44. The second-order valence-corrected chi connectivity index (χ2v) is 9.51. The summed E-state index contributed by atoms with van der Waals surface area (Å²) < 4.78 is 0. The summed E-state index contributed by atoms with van der Waals surface area (Å²) in [5.74, 6) is 1.76. The number of hydrogen-bond donors (Lipinski definition) is 1. The molecular weight excluding hydrogens is 342 g/mol. The van der Waals surface area contributed by atoms with Crippen molar-refractivity contribution >= 4 is 0 Å². The molecule has 0 amide bonds. The number of nitrogens with zero attached hydrogens (tertiary/aromatic N) is 1. The van der Waals surface area contributed by atoms with Gasteiger partial charge in [0.25, 0.3) is 0 Å². The summed E-state index contributed by atoms with van der Waals surface area (Å²) in [6, 6.07) is 14.9. The van der Waals surface area contributed by atoms with Gasteiger partial charge in [-0.25, -0.2) is 0 Å². The normalized spacial score (nSPS) is 21.8. The number of hydrogen-bond acceptors (Lipinski definition) is 2. The van der Waals surface area contributed by atoms with E-state index in [9.17, 15) is 5.11 Å². The second kappa shape index (κ2) is 8.69. The predicted octanol–water partition coefficient (Wildman–Crippen LogP) is 6.83. The van der Waals surface area contributed by atoms with Crippen LogP contribution in [0, 0.1) is 11.3 Å². The first-order valence-corrected chi connectivity index (χ1v) is 11.0. The van der Waals surface area contributed by atoms with Gasteiger partial charge in [-0.2, -0.15) is 0 Å². The first-order chi connectivity index (χ1) is 13.3. The van der Waals surface area contributed by atoms with Gasteiger partial charge in [0.05, 0.1) is 0 Å². The van der Waals surface area contributed by atoms with Crippen LogP contribution in [0.4, 0.5) is 0 Å². The average Bonchev–Trinajstić information content (AvgIpc) is 2.66. The predicted molar refractivity (Wildman–Crippen MR) is 120 cm³/mol. The fourth-order valence-electron chi connectivity index (χ4n) is 5.20. The van der Waals surface area contributed by atoms with E-state index in [0.717, 1.165) is 42.2 Å². The average molecular weight is 380 g/mol. The number of phenolic OH excluding ortho intramolecular Hbond substituents is 1. The van der Waals surface area contributed by atoms with Crippen LogP contribution in [-0.4, -0.2) is 23.1 Å². The Kier molecular flexibility index (Phi) is 6.50. The third-order valence-electron chi connectivity index (χ3n) is 6.44. The highest BCUT2D eigenvalue weighted by molar-refractivity contribution is 5.73. The lowest BCUT2D eigenvalue weighted by Gasteiger charge is -2.39. The van der Waals surface area contributed by atoms with E-state index >= 15 is 0 Å². The van der Waals surface area contributed by atoms with E-state index in [1.54, 1.807) is 0 Å². The molecule has 28 heavy (non-hydrogen) atoms. The van der Waals surface area contributed by atoms with Crippen molar-refractivity contribution in [1.29, 1.82) is 0 Å². The monoisotopic (exact) mass is 379 g/mol. The van der Waals surface area contributed by atoms with Crippen molar-refractivity contribution in [2.45, 2.75) is 66.3 Å². The molecule has 3 rings (SSSR count). The topological polar surface area (TPSA) is 23.5 Å². The quantitative estimate of drug-likeness (QED) is 0.594. The number of phenols is 1. The fourth-order valence-corrected chi connectivity index (χ4v) is 5.20. The molecule has 0 radical (unpaired) electrons. The molecule has 152 valence electrons. The van der Waals surface area contributed by atoms with E-state index in [0.29, 0.717) is 17.1 Å². The molecule has 2 aromatic carbocycles. The summed E-state index contributed by atoms with van der Waals surface area (Å²) in [5, 5.41) is 11.1. The van der Waals surface area contributed by atoms with Crippen LogP contribution >= 0.6 is 0 Å². The van der Waals surface area contributed by atoms with Gasteiger partial charge in [0.15, 0.2) is 0 Å². The zero-order valence-corrected chi connectivity index (χ0v) is 18.3. The van der Waals surface area contributed by atoms with Gasteiger partial charge in [0, 0.05) is 17.7 Å². The molecule has 0 spiro atoms. The number of aromatic hydroxyl groups is 1. The minimum Gasteiger partial charge on any atom is -0.507 e. The molecule has 2 atom stereocenters. The molecule has 0 aliphatic heterocycles. The number of benzene rings is 2. The van der Waals surface area contributed by atoms with Crippen LogP contribution in [0.2, 0.25) is 0 Å². The van der Waals surface area contributed by atoms with Gasteiger partial charge in [0.1, 0.15) is 5.75 Å². The Morgan fingerprint density at radius 3 is 2.32 bits per heavy atom. The maximum atomic E-state index is 11.1. The lowest BCUT2D eigenvalue weighted by molar-refractivity contribution is 0.168.